The molecule has 0 bridgehead atoms. The number of amides is 3. The van der Waals surface area contributed by atoms with Gasteiger partial charge in [0.05, 0.1) is 0 Å². The average Bonchev–Trinajstić information content (AvgIpc) is 3.05. The van der Waals surface area contributed by atoms with Gasteiger partial charge in [-0.2, -0.15) is 0 Å². The van der Waals surface area contributed by atoms with Crippen molar-refractivity contribution >= 4 is 17.7 Å². The van der Waals surface area contributed by atoms with E-state index in [1.165, 1.54) is 19.8 Å². The van der Waals surface area contributed by atoms with Gasteiger partial charge in [-0.1, -0.05) is 0 Å². The molecular weight excluding hydrogens is 296 g/mol. The summed E-state index contributed by atoms with van der Waals surface area (Å²) in [7, 11) is 0. The maximum absolute atomic E-state index is 12.2. The number of hydrogen-bond acceptors (Lipinski definition) is 4. The first kappa shape index (κ1) is 17.7. The van der Waals surface area contributed by atoms with Crippen molar-refractivity contribution in [2.45, 2.75) is 32.6 Å². The average molecular weight is 324 g/mol. The maximum atomic E-state index is 12.2. The van der Waals surface area contributed by atoms with Crippen LogP contribution in [-0.2, 0) is 14.4 Å². The maximum Gasteiger partial charge on any atom is 0.224 e. The molecular formula is C16H28N4O3. The zero-order valence-electron chi connectivity index (χ0n) is 14.1. The van der Waals surface area contributed by atoms with E-state index in [9.17, 15) is 14.4 Å². The molecule has 2 heterocycles. The monoisotopic (exact) mass is 324 g/mol. The van der Waals surface area contributed by atoms with Crippen molar-refractivity contribution in [3.05, 3.63) is 0 Å². The fourth-order valence-corrected chi connectivity index (χ4v) is 3.13. The number of carbonyl (C=O) groups is 3. The number of likely N-dealkylation sites (tertiary alicyclic amines) is 1. The fourth-order valence-electron chi connectivity index (χ4n) is 3.13. The summed E-state index contributed by atoms with van der Waals surface area (Å²) in [5.41, 5.74) is 0. The molecule has 0 spiro atoms. The van der Waals surface area contributed by atoms with E-state index in [4.69, 9.17) is 0 Å². The van der Waals surface area contributed by atoms with Crippen molar-refractivity contribution in [3.63, 3.8) is 0 Å². The van der Waals surface area contributed by atoms with Crippen LogP contribution in [0.25, 0.3) is 0 Å². The Morgan fingerprint density at radius 1 is 0.826 bits per heavy atom. The second-order valence-corrected chi connectivity index (χ2v) is 6.29. The molecule has 0 aromatic heterocycles. The highest BCUT2D eigenvalue weighted by Gasteiger charge is 2.24. The summed E-state index contributed by atoms with van der Waals surface area (Å²) < 4.78 is 0. The molecule has 2 aliphatic heterocycles. The molecule has 23 heavy (non-hydrogen) atoms. The molecule has 7 nitrogen and oxygen atoms in total. The number of nitrogens with zero attached hydrogens (tertiary/aromatic N) is 3. The normalized spacial score (nSPS) is 19.0. The zero-order valence-corrected chi connectivity index (χ0v) is 14.1. The van der Waals surface area contributed by atoms with Gasteiger partial charge >= 0.3 is 0 Å². The molecule has 7 heteroatoms. The second kappa shape index (κ2) is 8.86. The van der Waals surface area contributed by atoms with Crippen molar-refractivity contribution in [2.75, 3.05) is 52.4 Å². The van der Waals surface area contributed by atoms with E-state index >= 15 is 0 Å². The molecule has 2 saturated heterocycles. The van der Waals surface area contributed by atoms with Gasteiger partial charge in [0.1, 0.15) is 0 Å². The van der Waals surface area contributed by atoms with Crippen LogP contribution in [0.3, 0.4) is 0 Å². The Morgan fingerprint density at radius 2 is 1.35 bits per heavy atom. The topological polar surface area (TPSA) is 73.0 Å². The van der Waals surface area contributed by atoms with Crippen molar-refractivity contribution < 1.29 is 14.4 Å². The van der Waals surface area contributed by atoms with Gasteiger partial charge in [0.2, 0.25) is 17.7 Å². The van der Waals surface area contributed by atoms with Crippen LogP contribution in [0.4, 0.5) is 0 Å². The van der Waals surface area contributed by atoms with Crippen LogP contribution >= 0.6 is 0 Å². The molecule has 0 unspecified atom stereocenters. The Balaban J connectivity index is 1.63. The Labute approximate surface area is 138 Å². The number of carbonyl (C=O) groups excluding carboxylic acids is 3. The highest BCUT2D eigenvalue weighted by atomic mass is 16.2. The van der Waals surface area contributed by atoms with Crippen molar-refractivity contribution in [3.8, 4) is 0 Å². The van der Waals surface area contributed by atoms with E-state index in [0.717, 1.165) is 19.6 Å². The third-order valence-corrected chi connectivity index (χ3v) is 4.54. The fraction of sp³-hybridized carbons (Fsp3) is 0.812. The molecule has 0 atom stereocenters. The smallest absolute Gasteiger partial charge is 0.224 e. The number of rotatable bonds is 6. The van der Waals surface area contributed by atoms with Gasteiger partial charge in [-0.25, -0.2) is 0 Å². The van der Waals surface area contributed by atoms with Crippen molar-refractivity contribution in [1.29, 1.82) is 0 Å². The van der Waals surface area contributed by atoms with Crippen molar-refractivity contribution in [2.24, 2.45) is 0 Å². The van der Waals surface area contributed by atoms with Gasteiger partial charge in [-0.3, -0.25) is 14.4 Å². The largest absolute Gasteiger partial charge is 0.356 e. The Morgan fingerprint density at radius 3 is 1.87 bits per heavy atom. The second-order valence-electron chi connectivity index (χ2n) is 6.29. The summed E-state index contributed by atoms with van der Waals surface area (Å²) in [4.78, 5) is 41.0. The first-order valence-corrected chi connectivity index (χ1v) is 8.58. The quantitative estimate of drug-likeness (QED) is 0.726. The summed E-state index contributed by atoms with van der Waals surface area (Å²) in [6, 6.07) is 0. The first-order valence-electron chi connectivity index (χ1n) is 8.58. The van der Waals surface area contributed by atoms with E-state index in [1.807, 2.05) is 4.90 Å². The van der Waals surface area contributed by atoms with Crippen LogP contribution in [0.5, 0.6) is 0 Å². The van der Waals surface area contributed by atoms with E-state index in [0.29, 0.717) is 45.6 Å². The lowest BCUT2D eigenvalue weighted by molar-refractivity contribution is -0.139. The first-order chi connectivity index (χ1) is 11.1. The van der Waals surface area contributed by atoms with E-state index in [2.05, 4.69) is 10.2 Å². The van der Waals surface area contributed by atoms with Crippen molar-refractivity contribution in [1.82, 2.24) is 20.0 Å². The minimum Gasteiger partial charge on any atom is -0.356 e. The van der Waals surface area contributed by atoms with Gasteiger partial charge in [0.15, 0.2) is 0 Å². The minimum atomic E-state index is -0.119. The highest BCUT2D eigenvalue weighted by Crippen LogP contribution is 2.10. The predicted octanol–water partition coefficient (Wildman–Crippen LogP) is -0.331. The molecule has 0 saturated carbocycles. The number of hydrogen-bond donors (Lipinski definition) is 1. The van der Waals surface area contributed by atoms with Crippen LogP contribution in [-0.4, -0.2) is 84.8 Å². The highest BCUT2D eigenvalue weighted by molar-refractivity contribution is 5.79. The lowest BCUT2D eigenvalue weighted by atomic mass is 10.2. The zero-order chi connectivity index (χ0) is 16.7. The van der Waals surface area contributed by atoms with Crippen LogP contribution in [0, 0.1) is 0 Å². The minimum absolute atomic E-state index is 0.0444. The van der Waals surface area contributed by atoms with Gasteiger partial charge in [-0.05, 0) is 25.9 Å². The number of nitrogens with one attached hydrogen (secondary N) is 1. The molecule has 0 aliphatic carbocycles. The van der Waals surface area contributed by atoms with Crippen LogP contribution < -0.4 is 5.32 Å². The lowest BCUT2D eigenvalue weighted by Crippen LogP contribution is -2.51. The van der Waals surface area contributed by atoms with Crippen LogP contribution in [0.15, 0.2) is 0 Å². The van der Waals surface area contributed by atoms with Gasteiger partial charge in [-0.15, -0.1) is 0 Å². The molecule has 2 rings (SSSR count). The standard InChI is InChI=1S/C16H28N4O3/c1-14(21)17-6-4-15(22)19-10-12-20(13-11-19)16(23)5-9-18-7-2-3-8-18/h2-13H2,1H3,(H,17,21). The SMILES string of the molecule is CC(=O)NCCC(=O)N1CCN(C(=O)CCN2CCCC2)CC1. The molecule has 130 valence electrons. The van der Waals surface area contributed by atoms with E-state index < -0.39 is 0 Å². The Hall–Kier alpha value is -1.63. The molecule has 2 aliphatic rings. The molecule has 2 fully saturated rings. The third-order valence-electron chi connectivity index (χ3n) is 4.54. The van der Waals surface area contributed by atoms with Gasteiger partial charge < -0.3 is 20.0 Å². The van der Waals surface area contributed by atoms with Gasteiger partial charge in [0.25, 0.3) is 0 Å². The Kier molecular flexibility index (Phi) is 6.83. The lowest BCUT2D eigenvalue weighted by Gasteiger charge is -2.35. The summed E-state index contributed by atoms with van der Waals surface area (Å²) in [5, 5.41) is 2.63. The summed E-state index contributed by atoms with van der Waals surface area (Å²) in [6.07, 6.45) is 3.39. The third kappa shape index (κ3) is 5.82. The van der Waals surface area contributed by atoms with E-state index in [1.54, 1.807) is 4.90 Å². The number of piperazine rings is 1. The summed E-state index contributed by atoms with van der Waals surface area (Å²) in [6.45, 7) is 7.32. The van der Waals surface area contributed by atoms with E-state index in [-0.39, 0.29) is 17.7 Å². The van der Waals surface area contributed by atoms with Crippen LogP contribution in [0.2, 0.25) is 0 Å². The molecule has 0 aromatic carbocycles. The molecule has 1 N–H and O–H groups in total. The summed E-state index contributed by atoms with van der Waals surface area (Å²) in [5.74, 6) is 0.122. The van der Waals surface area contributed by atoms with Crippen LogP contribution in [0.1, 0.15) is 32.6 Å². The summed E-state index contributed by atoms with van der Waals surface area (Å²) >= 11 is 0. The Bertz CT molecular complexity index is 427. The van der Waals surface area contributed by atoms with Gasteiger partial charge in [0, 0.05) is 59.0 Å². The molecule has 0 radical (unpaired) electrons. The predicted molar refractivity (Wildman–Crippen MR) is 86.8 cm³/mol. The molecule has 0 aromatic rings. The molecule has 3 amide bonds.